The van der Waals surface area contributed by atoms with E-state index in [0.29, 0.717) is 5.56 Å². The lowest BCUT2D eigenvalue weighted by Crippen LogP contribution is -2.20. The van der Waals surface area contributed by atoms with E-state index < -0.39 is 0 Å². The topological polar surface area (TPSA) is 39.1 Å². The molecule has 0 N–H and O–H groups in total. The number of thiazole rings is 1. The second-order valence-corrected chi connectivity index (χ2v) is 5.02. The standard InChI is InChI=1S/C14H15NO2S/c1-3-11-4-6-12(7-5-11)13(16)8-15-10(2)9-18-14(15)17/h4-7,9H,3,8H2,1-2H3. The first-order valence-electron chi connectivity index (χ1n) is 5.89. The Kier molecular flexibility index (Phi) is 3.77. The summed E-state index contributed by atoms with van der Waals surface area (Å²) in [6, 6.07) is 7.56. The van der Waals surface area contributed by atoms with Crippen molar-refractivity contribution in [3.63, 3.8) is 0 Å². The van der Waals surface area contributed by atoms with E-state index >= 15 is 0 Å². The minimum atomic E-state index is -0.0778. The molecule has 0 radical (unpaired) electrons. The molecule has 2 rings (SSSR count). The number of carbonyl (C=O) groups excluding carboxylic acids is 1. The number of aromatic nitrogens is 1. The molecule has 0 aliphatic carbocycles. The lowest BCUT2D eigenvalue weighted by Gasteiger charge is -2.04. The van der Waals surface area contributed by atoms with Gasteiger partial charge in [0.05, 0.1) is 6.54 Å². The Hall–Kier alpha value is -1.68. The van der Waals surface area contributed by atoms with Gasteiger partial charge in [0.25, 0.3) is 0 Å². The van der Waals surface area contributed by atoms with Gasteiger partial charge in [-0.2, -0.15) is 0 Å². The van der Waals surface area contributed by atoms with E-state index in [4.69, 9.17) is 0 Å². The van der Waals surface area contributed by atoms with Crippen molar-refractivity contribution in [3.8, 4) is 0 Å². The summed E-state index contributed by atoms with van der Waals surface area (Å²) in [5, 5.41) is 1.77. The third-order valence-electron chi connectivity index (χ3n) is 2.96. The van der Waals surface area contributed by atoms with E-state index in [1.165, 1.54) is 10.1 Å². The number of rotatable bonds is 4. The van der Waals surface area contributed by atoms with Crippen LogP contribution in [0.15, 0.2) is 34.4 Å². The van der Waals surface area contributed by atoms with Crippen molar-refractivity contribution in [2.75, 3.05) is 0 Å². The Morgan fingerprint density at radius 2 is 1.94 bits per heavy atom. The quantitative estimate of drug-likeness (QED) is 0.794. The molecule has 1 aromatic carbocycles. The fourth-order valence-corrected chi connectivity index (χ4v) is 2.49. The lowest BCUT2D eigenvalue weighted by molar-refractivity contribution is 0.0970. The predicted octanol–water partition coefficient (Wildman–Crippen LogP) is 2.66. The van der Waals surface area contributed by atoms with Crippen molar-refractivity contribution in [2.24, 2.45) is 0 Å². The third-order valence-corrected chi connectivity index (χ3v) is 3.84. The molecular weight excluding hydrogens is 246 g/mol. The number of aryl methyl sites for hydroxylation is 2. The number of ketones is 1. The Labute approximate surface area is 110 Å². The molecule has 0 aliphatic rings. The van der Waals surface area contributed by atoms with E-state index in [2.05, 4.69) is 6.92 Å². The van der Waals surface area contributed by atoms with Gasteiger partial charge in [-0.15, -0.1) is 0 Å². The van der Waals surface area contributed by atoms with Crippen molar-refractivity contribution >= 4 is 17.1 Å². The normalized spacial score (nSPS) is 10.6. The van der Waals surface area contributed by atoms with Crippen LogP contribution in [-0.4, -0.2) is 10.4 Å². The summed E-state index contributed by atoms with van der Waals surface area (Å²) in [4.78, 5) is 23.5. The van der Waals surface area contributed by atoms with Crippen LogP contribution < -0.4 is 4.87 Å². The van der Waals surface area contributed by atoms with E-state index in [9.17, 15) is 9.59 Å². The zero-order valence-electron chi connectivity index (χ0n) is 10.5. The van der Waals surface area contributed by atoms with Gasteiger partial charge >= 0.3 is 4.87 Å². The van der Waals surface area contributed by atoms with Crippen LogP contribution in [0.5, 0.6) is 0 Å². The fraction of sp³-hybridized carbons (Fsp3) is 0.286. The molecule has 1 aromatic heterocycles. The summed E-state index contributed by atoms with van der Waals surface area (Å²) < 4.78 is 1.51. The highest BCUT2D eigenvalue weighted by Gasteiger charge is 2.10. The van der Waals surface area contributed by atoms with Crippen LogP contribution in [0.2, 0.25) is 0 Å². The first kappa shape index (κ1) is 12.8. The molecular formula is C14H15NO2S. The summed E-state index contributed by atoms with van der Waals surface area (Å²) in [5.41, 5.74) is 2.70. The van der Waals surface area contributed by atoms with Crippen LogP contribution in [0.1, 0.15) is 28.5 Å². The average molecular weight is 261 g/mol. The third kappa shape index (κ3) is 2.59. The van der Waals surface area contributed by atoms with Crippen LogP contribution in [-0.2, 0) is 13.0 Å². The summed E-state index contributed by atoms with van der Waals surface area (Å²) in [6.45, 7) is 4.04. The number of hydrogen-bond acceptors (Lipinski definition) is 3. The highest BCUT2D eigenvalue weighted by Crippen LogP contribution is 2.08. The lowest BCUT2D eigenvalue weighted by atomic mass is 10.1. The fourth-order valence-electron chi connectivity index (χ4n) is 1.76. The van der Waals surface area contributed by atoms with Crippen LogP contribution >= 0.6 is 11.3 Å². The Bertz CT molecular complexity index is 607. The van der Waals surface area contributed by atoms with Gasteiger partial charge in [0, 0.05) is 16.6 Å². The molecule has 0 bridgehead atoms. The Morgan fingerprint density at radius 3 is 2.44 bits per heavy atom. The molecule has 4 heteroatoms. The molecule has 0 unspecified atom stereocenters. The van der Waals surface area contributed by atoms with Crippen molar-refractivity contribution in [1.82, 2.24) is 4.57 Å². The molecule has 0 aliphatic heterocycles. The molecule has 2 aromatic rings. The molecule has 0 spiro atoms. The maximum absolute atomic E-state index is 12.1. The van der Waals surface area contributed by atoms with Crippen molar-refractivity contribution in [1.29, 1.82) is 0 Å². The molecule has 0 amide bonds. The summed E-state index contributed by atoms with van der Waals surface area (Å²) in [5.74, 6) is -0.0266. The average Bonchev–Trinajstić information content (AvgIpc) is 2.70. The Balaban J connectivity index is 2.19. The minimum absolute atomic E-state index is 0.0266. The smallest absolute Gasteiger partial charge is 0.296 e. The van der Waals surface area contributed by atoms with Gasteiger partial charge in [-0.3, -0.25) is 14.2 Å². The van der Waals surface area contributed by atoms with Crippen molar-refractivity contribution < 1.29 is 4.79 Å². The Morgan fingerprint density at radius 1 is 1.28 bits per heavy atom. The van der Waals surface area contributed by atoms with Gasteiger partial charge < -0.3 is 0 Å². The second kappa shape index (κ2) is 5.31. The van der Waals surface area contributed by atoms with Crippen molar-refractivity contribution in [2.45, 2.75) is 26.8 Å². The van der Waals surface area contributed by atoms with E-state index in [-0.39, 0.29) is 17.2 Å². The highest BCUT2D eigenvalue weighted by molar-refractivity contribution is 7.07. The van der Waals surface area contributed by atoms with Crippen LogP contribution in [0.25, 0.3) is 0 Å². The minimum Gasteiger partial charge on any atom is -0.296 e. The molecule has 1 heterocycles. The number of nitrogens with zero attached hydrogens (tertiary/aromatic N) is 1. The summed E-state index contributed by atoms with van der Waals surface area (Å²) >= 11 is 1.13. The van der Waals surface area contributed by atoms with Gasteiger partial charge in [-0.25, -0.2) is 0 Å². The maximum Gasteiger partial charge on any atom is 0.307 e. The van der Waals surface area contributed by atoms with Crippen molar-refractivity contribution in [3.05, 3.63) is 56.1 Å². The summed E-state index contributed by atoms with van der Waals surface area (Å²) in [7, 11) is 0. The monoisotopic (exact) mass is 261 g/mol. The number of benzene rings is 1. The maximum atomic E-state index is 12.1. The van der Waals surface area contributed by atoms with Gasteiger partial charge in [-0.1, -0.05) is 42.5 Å². The predicted molar refractivity (Wildman–Crippen MR) is 73.5 cm³/mol. The van der Waals surface area contributed by atoms with E-state index in [1.807, 2.05) is 31.2 Å². The number of carbonyl (C=O) groups is 1. The second-order valence-electron chi connectivity index (χ2n) is 4.20. The first-order valence-corrected chi connectivity index (χ1v) is 6.77. The molecule has 94 valence electrons. The van der Waals surface area contributed by atoms with Gasteiger partial charge in [-0.05, 0) is 18.9 Å². The largest absolute Gasteiger partial charge is 0.307 e. The van der Waals surface area contributed by atoms with Gasteiger partial charge in [0.15, 0.2) is 5.78 Å². The highest BCUT2D eigenvalue weighted by atomic mass is 32.1. The van der Waals surface area contributed by atoms with Crippen LogP contribution in [0.3, 0.4) is 0 Å². The number of hydrogen-bond donors (Lipinski definition) is 0. The molecule has 0 fully saturated rings. The molecule has 0 saturated carbocycles. The zero-order valence-corrected chi connectivity index (χ0v) is 11.3. The molecule has 3 nitrogen and oxygen atoms in total. The zero-order chi connectivity index (χ0) is 13.1. The molecule has 0 saturated heterocycles. The van der Waals surface area contributed by atoms with Gasteiger partial charge in [0.1, 0.15) is 0 Å². The van der Waals surface area contributed by atoms with Crippen LogP contribution in [0.4, 0.5) is 0 Å². The van der Waals surface area contributed by atoms with E-state index in [0.717, 1.165) is 23.5 Å². The van der Waals surface area contributed by atoms with Gasteiger partial charge in [0.2, 0.25) is 0 Å². The first-order chi connectivity index (χ1) is 8.61. The van der Waals surface area contributed by atoms with E-state index in [1.54, 1.807) is 5.38 Å². The van der Waals surface area contributed by atoms with Crippen LogP contribution in [0, 0.1) is 6.92 Å². The number of Topliss-reactive ketones (excluding diaryl/α,β-unsaturated/α-hetero) is 1. The summed E-state index contributed by atoms with van der Waals surface area (Å²) in [6.07, 6.45) is 0.956. The molecule has 18 heavy (non-hydrogen) atoms. The SMILES string of the molecule is CCc1ccc(C(=O)Cn2c(C)csc2=O)cc1. The molecule has 0 atom stereocenters.